The van der Waals surface area contributed by atoms with Crippen molar-refractivity contribution in [1.82, 2.24) is 4.98 Å². The Morgan fingerprint density at radius 3 is 2.68 bits per heavy atom. The van der Waals surface area contributed by atoms with E-state index in [1.807, 2.05) is 31.2 Å². The van der Waals surface area contributed by atoms with Crippen LogP contribution in [0.1, 0.15) is 11.1 Å². The Morgan fingerprint density at radius 1 is 1.23 bits per heavy atom. The van der Waals surface area contributed by atoms with Crippen LogP contribution in [0.5, 0.6) is 0 Å². The first-order valence-electron chi connectivity index (χ1n) is 6.62. The summed E-state index contributed by atoms with van der Waals surface area (Å²) in [7, 11) is 0. The molecule has 0 unspecified atom stereocenters. The van der Waals surface area contributed by atoms with E-state index in [1.165, 1.54) is 11.3 Å². The van der Waals surface area contributed by atoms with E-state index in [-0.39, 0.29) is 12.3 Å². The van der Waals surface area contributed by atoms with Crippen LogP contribution in [0.3, 0.4) is 0 Å². The van der Waals surface area contributed by atoms with E-state index in [1.54, 1.807) is 12.1 Å². The highest BCUT2D eigenvalue weighted by molar-refractivity contribution is 7.22. The van der Waals surface area contributed by atoms with E-state index in [4.69, 9.17) is 23.2 Å². The van der Waals surface area contributed by atoms with Crippen molar-refractivity contribution in [2.45, 2.75) is 13.3 Å². The number of halogens is 2. The van der Waals surface area contributed by atoms with Gasteiger partial charge in [0, 0.05) is 10.0 Å². The summed E-state index contributed by atoms with van der Waals surface area (Å²) in [5.74, 6) is -0.107. The van der Waals surface area contributed by atoms with E-state index in [2.05, 4.69) is 10.3 Å². The van der Waals surface area contributed by atoms with Gasteiger partial charge in [-0.05, 0) is 42.3 Å². The molecule has 1 heterocycles. The van der Waals surface area contributed by atoms with Gasteiger partial charge in [0.15, 0.2) is 5.13 Å². The fourth-order valence-corrected chi connectivity index (χ4v) is 3.30. The average molecular weight is 351 g/mol. The molecule has 22 heavy (non-hydrogen) atoms. The average Bonchev–Trinajstić information content (AvgIpc) is 2.83. The normalized spacial score (nSPS) is 10.9. The number of carbonyl (C=O) groups excluding carboxylic acids is 1. The molecular weight excluding hydrogens is 339 g/mol. The van der Waals surface area contributed by atoms with Gasteiger partial charge in [-0.15, -0.1) is 0 Å². The van der Waals surface area contributed by atoms with E-state index in [0.717, 1.165) is 21.3 Å². The summed E-state index contributed by atoms with van der Waals surface area (Å²) in [6, 6.07) is 11.0. The van der Waals surface area contributed by atoms with Gasteiger partial charge in [0.1, 0.15) is 0 Å². The number of hydrogen-bond acceptors (Lipinski definition) is 3. The monoisotopic (exact) mass is 350 g/mol. The summed E-state index contributed by atoms with van der Waals surface area (Å²) in [5, 5.41) is 4.74. The lowest BCUT2D eigenvalue weighted by Crippen LogP contribution is -2.14. The molecule has 2 aromatic carbocycles. The number of aryl methyl sites for hydroxylation is 1. The molecule has 0 aliphatic heterocycles. The molecule has 0 fully saturated rings. The van der Waals surface area contributed by atoms with Crippen LogP contribution in [0.4, 0.5) is 5.13 Å². The summed E-state index contributed by atoms with van der Waals surface area (Å²) in [6.07, 6.45) is 0.285. The molecule has 0 atom stereocenters. The minimum atomic E-state index is -0.107. The SMILES string of the molecule is Cc1cc2sc(NC(=O)Cc3ccc(Cl)cc3)nc2cc1Cl. The van der Waals surface area contributed by atoms with Gasteiger partial charge in [-0.1, -0.05) is 46.7 Å². The standard InChI is InChI=1S/C16H12Cl2N2OS/c1-9-6-14-13(8-12(9)18)19-16(22-14)20-15(21)7-10-2-4-11(17)5-3-10/h2-6,8H,7H2,1H3,(H,19,20,21). The molecular formula is C16H12Cl2N2OS. The highest BCUT2D eigenvalue weighted by Crippen LogP contribution is 2.30. The maximum atomic E-state index is 12.1. The third-order valence-corrected chi connectivity index (χ3v) is 4.79. The Morgan fingerprint density at radius 2 is 1.95 bits per heavy atom. The highest BCUT2D eigenvalue weighted by Gasteiger charge is 2.10. The van der Waals surface area contributed by atoms with Crippen molar-refractivity contribution in [3.05, 3.63) is 57.6 Å². The van der Waals surface area contributed by atoms with E-state index in [9.17, 15) is 4.79 Å². The Balaban J connectivity index is 1.75. The predicted octanol–water partition coefficient (Wildman–Crippen LogP) is 5.09. The largest absolute Gasteiger partial charge is 0.302 e. The minimum absolute atomic E-state index is 0.107. The zero-order chi connectivity index (χ0) is 15.7. The molecule has 3 nitrogen and oxygen atoms in total. The fraction of sp³-hybridized carbons (Fsp3) is 0.125. The second-order valence-electron chi connectivity index (χ2n) is 4.94. The Hall–Kier alpha value is -1.62. The Labute approximate surface area is 141 Å². The van der Waals surface area contributed by atoms with Crippen LogP contribution in [-0.4, -0.2) is 10.9 Å². The Kier molecular flexibility index (Phi) is 4.34. The first kappa shape index (κ1) is 15.3. The van der Waals surface area contributed by atoms with Crippen LogP contribution in [-0.2, 0) is 11.2 Å². The lowest BCUT2D eigenvalue weighted by atomic mass is 10.1. The number of aromatic nitrogens is 1. The van der Waals surface area contributed by atoms with Crippen molar-refractivity contribution >= 4 is 55.8 Å². The third-order valence-electron chi connectivity index (χ3n) is 3.19. The van der Waals surface area contributed by atoms with E-state index in [0.29, 0.717) is 15.2 Å². The molecule has 6 heteroatoms. The maximum absolute atomic E-state index is 12.1. The van der Waals surface area contributed by atoms with Crippen molar-refractivity contribution in [2.75, 3.05) is 5.32 Å². The van der Waals surface area contributed by atoms with E-state index >= 15 is 0 Å². The van der Waals surface area contributed by atoms with Crippen LogP contribution in [0.25, 0.3) is 10.2 Å². The molecule has 0 aliphatic carbocycles. The zero-order valence-electron chi connectivity index (χ0n) is 11.7. The number of amides is 1. The highest BCUT2D eigenvalue weighted by atomic mass is 35.5. The molecule has 112 valence electrons. The molecule has 3 rings (SSSR count). The molecule has 0 aliphatic rings. The molecule has 0 saturated carbocycles. The van der Waals surface area contributed by atoms with Gasteiger partial charge >= 0.3 is 0 Å². The number of rotatable bonds is 3. The first-order valence-corrected chi connectivity index (χ1v) is 8.19. The van der Waals surface area contributed by atoms with Gasteiger partial charge in [0.05, 0.1) is 16.6 Å². The predicted molar refractivity (Wildman–Crippen MR) is 93.2 cm³/mol. The smallest absolute Gasteiger partial charge is 0.230 e. The second-order valence-corrected chi connectivity index (χ2v) is 6.81. The van der Waals surface area contributed by atoms with Gasteiger partial charge in [-0.3, -0.25) is 4.79 Å². The van der Waals surface area contributed by atoms with Gasteiger partial charge in [0.25, 0.3) is 0 Å². The molecule has 0 bridgehead atoms. The van der Waals surface area contributed by atoms with Gasteiger partial charge < -0.3 is 5.32 Å². The number of hydrogen-bond donors (Lipinski definition) is 1. The van der Waals surface area contributed by atoms with Crippen molar-refractivity contribution in [2.24, 2.45) is 0 Å². The quantitative estimate of drug-likeness (QED) is 0.714. The van der Waals surface area contributed by atoms with E-state index < -0.39 is 0 Å². The summed E-state index contributed by atoms with van der Waals surface area (Å²) >= 11 is 13.4. The van der Waals surface area contributed by atoms with Gasteiger partial charge in [-0.2, -0.15) is 0 Å². The van der Waals surface area contributed by atoms with Crippen LogP contribution >= 0.6 is 34.5 Å². The second kappa shape index (κ2) is 6.24. The fourth-order valence-electron chi connectivity index (χ4n) is 2.05. The summed E-state index contributed by atoms with van der Waals surface area (Å²) < 4.78 is 1.00. The zero-order valence-corrected chi connectivity index (χ0v) is 14.0. The molecule has 0 saturated heterocycles. The summed E-state index contributed by atoms with van der Waals surface area (Å²) in [4.78, 5) is 16.5. The molecule has 0 radical (unpaired) electrons. The molecule has 1 amide bonds. The molecule has 1 N–H and O–H groups in total. The van der Waals surface area contributed by atoms with Crippen molar-refractivity contribution in [3.8, 4) is 0 Å². The lowest BCUT2D eigenvalue weighted by Gasteiger charge is -2.01. The number of benzene rings is 2. The van der Waals surface area contributed by atoms with Crippen LogP contribution in [0, 0.1) is 6.92 Å². The number of carbonyl (C=O) groups is 1. The topological polar surface area (TPSA) is 42.0 Å². The summed E-state index contributed by atoms with van der Waals surface area (Å²) in [5.41, 5.74) is 2.70. The first-order chi connectivity index (χ1) is 10.5. The minimum Gasteiger partial charge on any atom is -0.302 e. The lowest BCUT2D eigenvalue weighted by molar-refractivity contribution is -0.115. The maximum Gasteiger partial charge on any atom is 0.230 e. The number of fused-ring (bicyclic) bond motifs is 1. The third kappa shape index (κ3) is 3.40. The number of nitrogens with one attached hydrogen (secondary N) is 1. The number of nitrogens with zero attached hydrogens (tertiary/aromatic N) is 1. The van der Waals surface area contributed by atoms with Crippen molar-refractivity contribution in [3.63, 3.8) is 0 Å². The van der Waals surface area contributed by atoms with Crippen LogP contribution < -0.4 is 5.32 Å². The van der Waals surface area contributed by atoms with Crippen molar-refractivity contribution in [1.29, 1.82) is 0 Å². The Bertz CT molecular complexity index is 804. The van der Waals surface area contributed by atoms with Gasteiger partial charge in [0.2, 0.25) is 5.91 Å². The van der Waals surface area contributed by atoms with Gasteiger partial charge in [-0.25, -0.2) is 4.98 Å². The molecule has 0 spiro atoms. The van der Waals surface area contributed by atoms with Crippen LogP contribution in [0.15, 0.2) is 36.4 Å². The van der Waals surface area contributed by atoms with Crippen LogP contribution in [0.2, 0.25) is 10.0 Å². The number of thiazole rings is 1. The number of anilines is 1. The molecule has 3 aromatic rings. The molecule has 1 aromatic heterocycles. The summed E-state index contributed by atoms with van der Waals surface area (Å²) in [6.45, 7) is 1.94. The van der Waals surface area contributed by atoms with Crippen molar-refractivity contribution < 1.29 is 4.79 Å².